The fourth-order valence-corrected chi connectivity index (χ4v) is 2.73. The number of carbonyl (C=O) groups is 1. The molecule has 0 saturated heterocycles. The van der Waals surface area contributed by atoms with E-state index in [2.05, 4.69) is 10.3 Å². The minimum Gasteiger partial charge on any atom is -0.399 e. The van der Waals surface area contributed by atoms with Crippen LogP contribution in [0.2, 0.25) is 0 Å². The number of rotatable bonds is 3. The number of aromatic nitrogens is 1. The number of alkyl halides is 3. The number of benzene rings is 2. The van der Waals surface area contributed by atoms with Gasteiger partial charge in [0.25, 0.3) is 5.91 Å². The highest BCUT2D eigenvalue weighted by atomic mass is 19.4. The first-order chi connectivity index (χ1) is 12.7. The third-order valence-electron chi connectivity index (χ3n) is 4.01. The number of fused-ring (bicyclic) bond motifs is 1. The molecule has 1 amide bonds. The quantitative estimate of drug-likeness (QED) is 0.526. The lowest BCUT2D eigenvalue weighted by Gasteiger charge is -2.14. The van der Waals surface area contributed by atoms with Crippen LogP contribution in [0.4, 0.5) is 24.5 Å². The lowest BCUT2D eigenvalue weighted by atomic mass is 10.1. The summed E-state index contributed by atoms with van der Waals surface area (Å²) in [5, 5.41) is 11.6. The molecule has 0 radical (unpaired) electrons. The van der Waals surface area contributed by atoms with E-state index in [9.17, 15) is 27.9 Å². The van der Waals surface area contributed by atoms with Gasteiger partial charge in [0, 0.05) is 17.4 Å². The van der Waals surface area contributed by atoms with Crippen molar-refractivity contribution >= 4 is 28.2 Å². The molecule has 0 saturated carbocycles. The minimum absolute atomic E-state index is 0.0981. The lowest BCUT2D eigenvalue weighted by Crippen LogP contribution is -2.24. The maximum absolute atomic E-state index is 13.2. The number of pyridine rings is 1. The molecule has 1 aromatic heterocycles. The number of H-pyrrole nitrogens is 1. The molecule has 2 aromatic carbocycles. The monoisotopic (exact) mass is 377 g/mol. The maximum Gasteiger partial charge on any atom is 0.418 e. The van der Waals surface area contributed by atoms with Gasteiger partial charge < -0.3 is 21.1 Å². The second-order valence-electron chi connectivity index (χ2n) is 5.79. The Balaban J connectivity index is 2.06. The zero-order valence-corrected chi connectivity index (χ0v) is 13.7. The number of aliphatic hydroxyl groups excluding tert-OH is 1. The van der Waals surface area contributed by atoms with Crippen LogP contribution < -0.4 is 16.5 Å². The summed E-state index contributed by atoms with van der Waals surface area (Å²) >= 11 is 0. The van der Waals surface area contributed by atoms with E-state index in [1.54, 1.807) is 12.1 Å². The van der Waals surface area contributed by atoms with Crippen molar-refractivity contribution in [3.63, 3.8) is 0 Å². The van der Waals surface area contributed by atoms with Gasteiger partial charge in [-0.05, 0) is 29.8 Å². The van der Waals surface area contributed by atoms with Gasteiger partial charge in [0.2, 0.25) is 5.43 Å². The Kier molecular flexibility index (Phi) is 4.63. The summed E-state index contributed by atoms with van der Waals surface area (Å²) in [5.41, 5.74) is 3.25. The van der Waals surface area contributed by atoms with Gasteiger partial charge in [0.15, 0.2) is 0 Å². The van der Waals surface area contributed by atoms with E-state index in [-0.39, 0.29) is 16.6 Å². The van der Waals surface area contributed by atoms with Gasteiger partial charge in [-0.1, -0.05) is 12.1 Å². The first-order valence-corrected chi connectivity index (χ1v) is 7.74. The summed E-state index contributed by atoms with van der Waals surface area (Å²) in [6.45, 7) is -0.429. The first kappa shape index (κ1) is 18.5. The molecule has 5 N–H and O–H groups in total. The van der Waals surface area contributed by atoms with Crippen LogP contribution in [-0.4, -0.2) is 16.0 Å². The van der Waals surface area contributed by atoms with Crippen LogP contribution in [0.3, 0.4) is 0 Å². The third-order valence-corrected chi connectivity index (χ3v) is 4.01. The van der Waals surface area contributed by atoms with Gasteiger partial charge in [0.1, 0.15) is 5.56 Å². The SMILES string of the molecule is Nc1ccc(NC(=O)c2c[nH]c3cccc(CO)c3c2=O)c(C(F)(F)F)c1. The highest BCUT2D eigenvalue weighted by Crippen LogP contribution is 2.36. The molecule has 0 aliphatic rings. The standard InChI is InChI=1S/C18H14F3N3O3/c19-18(20,21)12-6-10(22)4-5-13(12)24-17(27)11-7-23-14-3-1-2-9(8-25)15(14)16(11)26/h1-7,25H,8,22H2,(H,23,26)(H,24,27). The smallest absolute Gasteiger partial charge is 0.399 e. The van der Waals surface area contributed by atoms with Crippen molar-refractivity contribution in [2.24, 2.45) is 0 Å². The van der Waals surface area contributed by atoms with E-state index >= 15 is 0 Å². The molecule has 3 aromatic rings. The number of aromatic amines is 1. The summed E-state index contributed by atoms with van der Waals surface area (Å²) in [7, 11) is 0. The second kappa shape index (κ2) is 6.76. The van der Waals surface area contributed by atoms with Crippen LogP contribution >= 0.6 is 0 Å². The van der Waals surface area contributed by atoms with E-state index in [1.165, 1.54) is 12.1 Å². The average molecular weight is 377 g/mol. The predicted octanol–water partition coefficient (Wildman–Crippen LogP) is 2.87. The fraction of sp³-hybridized carbons (Fsp3) is 0.111. The summed E-state index contributed by atoms with van der Waals surface area (Å²) in [6, 6.07) is 7.64. The number of carbonyl (C=O) groups excluding carboxylic acids is 1. The largest absolute Gasteiger partial charge is 0.418 e. The molecule has 0 bridgehead atoms. The summed E-state index contributed by atoms with van der Waals surface area (Å²) in [5.74, 6) is -1.01. The Morgan fingerprint density at radius 1 is 1.22 bits per heavy atom. The van der Waals surface area contributed by atoms with E-state index < -0.39 is 35.4 Å². The molecule has 9 heteroatoms. The molecule has 27 heavy (non-hydrogen) atoms. The predicted molar refractivity (Wildman–Crippen MR) is 94.3 cm³/mol. The number of hydrogen-bond donors (Lipinski definition) is 4. The van der Waals surface area contributed by atoms with Gasteiger partial charge in [-0.2, -0.15) is 13.2 Å². The summed E-state index contributed by atoms with van der Waals surface area (Å²) in [6.07, 6.45) is -3.62. The van der Waals surface area contributed by atoms with E-state index in [1.807, 2.05) is 0 Å². The second-order valence-corrected chi connectivity index (χ2v) is 5.79. The Hall–Kier alpha value is -3.33. The van der Waals surface area contributed by atoms with Gasteiger partial charge in [0.05, 0.1) is 23.2 Å². The molecular weight excluding hydrogens is 363 g/mol. The molecule has 0 aliphatic heterocycles. The molecule has 0 spiro atoms. The number of amides is 1. The van der Waals surface area contributed by atoms with Gasteiger partial charge in [-0.15, -0.1) is 0 Å². The zero-order chi connectivity index (χ0) is 19.8. The zero-order valence-electron chi connectivity index (χ0n) is 13.7. The number of nitrogen functional groups attached to an aromatic ring is 1. The molecule has 0 fully saturated rings. The average Bonchev–Trinajstić information content (AvgIpc) is 2.62. The lowest BCUT2D eigenvalue weighted by molar-refractivity contribution is -0.136. The summed E-state index contributed by atoms with van der Waals surface area (Å²) in [4.78, 5) is 27.8. The Labute approximate surface area is 150 Å². The van der Waals surface area contributed by atoms with Crippen molar-refractivity contribution in [2.75, 3.05) is 11.1 Å². The maximum atomic E-state index is 13.2. The Bertz CT molecular complexity index is 1090. The normalized spacial score (nSPS) is 11.6. The van der Waals surface area contributed by atoms with Crippen molar-refractivity contribution in [1.82, 2.24) is 4.98 Å². The van der Waals surface area contributed by atoms with Crippen molar-refractivity contribution in [3.8, 4) is 0 Å². The van der Waals surface area contributed by atoms with Crippen molar-refractivity contribution in [3.05, 3.63) is 69.5 Å². The molecule has 0 unspecified atom stereocenters. The minimum atomic E-state index is -4.74. The molecule has 0 aliphatic carbocycles. The number of halogens is 3. The van der Waals surface area contributed by atoms with Crippen LogP contribution in [-0.2, 0) is 12.8 Å². The Morgan fingerprint density at radius 3 is 2.63 bits per heavy atom. The van der Waals surface area contributed by atoms with Crippen LogP contribution in [0.15, 0.2) is 47.4 Å². The van der Waals surface area contributed by atoms with Crippen molar-refractivity contribution in [2.45, 2.75) is 12.8 Å². The van der Waals surface area contributed by atoms with E-state index in [4.69, 9.17) is 5.73 Å². The van der Waals surface area contributed by atoms with Gasteiger partial charge in [-0.25, -0.2) is 0 Å². The number of aliphatic hydroxyl groups is 1. The number of anilines is 2. The van der Waals surface area contributed by atoms with Crippen LogP contribution in [0.1, 0.15) is 21.5 Å². The molecular formula is C18H14F3N3O3. The highest BCUT2D eigenvalue weighted by Gasteiger charge is 2.34. The van der Waals surface area contributed by atoms with Crippen LogP contribution in [0.25, 0.3) is 10.9 Å². The van der Waals surface area contributed by atoms with Crippen molar-refractivity contribution < 1.29 is 23.1 Å². The molecule has 140 valence electrons. The fourth-order valence-electron chi connectivity index (χ4n) is 2.73. The van der Waals surface area contributed by atoms with Crippen molar-refractivity contribution in [1.29, 1.82) is 0 Å². The molecule has 6 nitrogen and oxygen atoms in total. The van der Waals surface area contributed by atoms with Gasteiger partial charge >= 0.3 is 6.18 Å². The molecule has 1 heterocycles. The van der Waals surface area contributed by atoms with Crippen LogP contribution in [0, 0.1) is 0 Å². The van der Waals surface area contributed by atoms with Crippen LogP contribution in [0.5, 0.6) is 0 Å². The first-order valence-electron chi connectivity index (χ1n) is 7.74. The highest BCUT2D eigenvalue weighted by molar-refractivity contribution is 6.06. The Morgan fingerprint density at radius 2 is 1.96 bits per heavy atom. The third kappa shape index (κ3) is 3.49. The number of nitrogens with one attached hydrogen (secondary N) is 2. The summed E-state index contributed by atoms with van der Waals surface area (Å²) < 4.78 is 39.5. The topological polar surface area (TPSA) is 108 Å². The number of hydrogen-bond acceptors (Lipinski definition) is 4. The molecule has 0 atom stereocenters. The van der Waals surface area contributed by atoms with E-state index in [0.717, 1.165) is 12.3 Å². The van der Waals surface area contributed by atoms with E-state index in [0.29, 0.717) is 17.1 Å². The number of nitrogens with two attached hydrogens (primary N) is 1. The van der Waals surface area contributed by atoms with Gasteiger partial charge in [-0.3, -0.25) is 9.59 Å². The molecule has 3 rings (SSSR count).